The number of hydrogen-bond donors (Lipinski definition) is 1. The predicted octanol–water partition coefficient (Wildman–Crippen LogP) is 3.32. The molecule has 146 valence electrons. The fourth-order valence-electron chi connectivity index (χ4n) is 3.00. The van der Waals surface area contributed by atoms with Crippen molar-refractivity contribution >= 4 is 17.7 Å². The Hall–Kier alpha value is -3.80. The summed E-state index contributed by atoms with van der Waals surface area (Å²) in [5.74, 6) is 1.18. The second-order valence-electron chi connectivity index (χ2n) is 6.59. The fraction of sp³-hybridized carbons (Fsp3) is 0.130. The van der Waals surface area contributed by atoms with Gasteiger partial charge in [0.15, 0.2) is 11.5 Å². The van der Waals surface area contributed by atoms with E-state index in [9.17, 15) is 9.59 Å². The highest BCUT2D eigenvalue weighted by molar-refractivity contribution is 6.01. The first-order valence-electron chi connectivity index (χ1n) is 9.30. The minimum absolute atomic E-state index is 0.0471. The van der Waals surface area contributed by atoms with Gasteiger partial charge < -0.3 is 19.4 Å². The minimum atomic E-state index is -0.230. The Bertz CT molecular complexity index is 1100. The third-order valence-electron chi connectivity index (χ3n) is 4.47. The normalized spacial score (nSPS) is 12.7. The Morgan fingerprint density at radius 3 is 2.59 bits per heavy atom. The molecule has 0 spiro atoms. The average molecular weight is 388 g/mol. The molecule has 6 heteroatoms. The molecular formula is C23H20N2O4. The van der Waals surface area contributed by atoms with Gasteiger partial charge in [-0.3, -0.25) is 9.59 Å². The molecule has 0 unspecified atom stereocenters. The molecular weight excluding hydrogens is 368 g/mol. The number of rotatable bonds is 5. The zero-order valence-electron chi connectivity index (χ0n) is 15.7. The van der Waals surface area contributed by atoms with Gasteiger partial charge in [0.05, 0.1) is 6.54 Å². The third-order valence-corrected chi connectivity index (χ3v) is 4.47. The molecule has 1 amide bonds. The van der Waals surface area contributed by atoms with Gasteiger partial charge >= 0.3 is 0 Å². The number of nitrogens with one attached hydrogen (secondary N) is 1. The van der Waals surface area contributed by atoms with Crippen LogP contribution in [0.25, 0.3) is 6.08 Å². The smallest absolute Gasteiger partial charge is 0.250 e. The molecule has 29 heavy (non-hydrogen) atoms. The maximum absolute atomic E-state index is 12.2. The van der Waals surface area contributed by atoms with Crippen LogP contribution in [-0.2, 0) is 11.3 Å². The highest BCUT2D eigenvalue weighted by Crippen LogP contribution is 2.31. The van der Waals surface area contributed by atoms with Crippen LogP contribution in [0.1, 0.15) is 11.1 Å². The number of carbonyl (C=O) groups excluding carboxylic acids is 1. The third kappa shape index (κ3) is 4.73. The summed E-state index contributed by atoms with van der Waals surface area (Å²) in [5.41, 5.74) is 2.47. The molecule has 0 atom stereocenters. The van der Waals surface area contributed by atoms with Crippen molar-refractivity contribution in [2.45, 2.75) is 6.54 Å². The number of aromatic nitrogens is 1. The number of hydrogen-bond acceptors (Lipinski definition) is 4. The van der Waals surface area contributed by atoms with E-state index in [-0.39, 0.29) is 11.5 Å². The highest BCUT2D eigenvalue weighted by Gasteiger charge is 2.10. The molecule has 0 fully saturated rings. The molecule has 1 aromatic heterocycles. The van der Waals surface area contributed by atoms with Crippen LogP contribution < -0.4 is 20.3 Å². The van der Waals surface area contributed by atoms with Crippen LogP contribution in [-0.4, -0.2) is 23.7 Å². The van der Waals surface area contributed by atoms with Crippen molar-refractivity contribution in [1.82, 2.24) is 4.57 Å². The van der Waals surface area contributed by atoms with E-state index in [1.54, 1.807) is 22.9 Å². The van der Waals surface area contributed by atoms with Crippen molar-refractivity contribution < 1.29 is 14.3 Å². The minimum Gasteiger partial charge on any atom is -0.486 e. The zero-order valence-corrected chi connectivity index (χ0v) is 15.7. The highest BCUT2D eigenvalue weighted by atomic mass is 16.6. The van der Waals surface area contributed by atoms with Gasteiger partial charge in [0.2, 0.25) is 5.91 Å². The second-order valence-corrected chi connectivity index (χ2v) is 6.59. The molecule has 4 rings (SSSR count). The van der Waals surface area contributed by atoms with Crippen LogP contribution >= 0.6 is 0 Å². The van der Waals surface area contributed by atoms with Crippen molar-refractivity contribution in [3.63, 3.8) is 0 Å². The summed E-state index contributed by atoms with van der Waals surface area (Å²) in [5, 5.41) is 2.83. The van der Waals surface area contributed by atoms with E-state index in [1.807, 2.05) is 48.5 Å². The predicted molar refractivity (Wildman–Crippen MR) is 111 cm³/mol. The number of benzene rings is 2. The summed E-state index contributed by atoms with van der Waals surface area (Å²) in [6.45, 7) is 1.55. The lowest BCUT2D eigenvalue weighted by Crippen LogP contribution is -2.18. The van der Waals surface area contributed by atoms with Crippen LogP contribution in [0.15, 0.2) is 77.7 Å². The van der Waals surface area contributed by atoms with E-state index in [2.05, 4.69) is 5.32 Å². The van der Waals surface area contributed by atoms with Gasteiger partial charge in [-0.05, 0) is 47.5 Å². The quantitative estimate of drug-likeness (QED) is 0.681. The Morgan fingerprint density at radius 1 is 1.00 bits per heavy atom. The van der Waals surface area contributed by atoms with Crippen molar-refractivity contribution in [1.29, 1.82) is 0 Å². The van der Waals surface area contributed by atoms with Gasteiger partial charge in [0.25, 0.3) is 5.56 Å². The summed E-state index contributed by atoms with van der Waals surface area (Å²) in [6.07, 6.45) is 4.95. The molecule has 2 aromatic carbocycles. The van der Waals surface area contributed by atoms with Gasteiger partial charge in [0, 0.05) is 24.0 Å². The summed E-state index contributed by atoms with van der Waals surface area (Å²) >= 11 is 0. The molecule has 0 saturated carbocycles. The molecule has 1 aliphatic heterocycles. The van der Waals surface area contributed by atoms with Gasteiger partial charge in [-0.1, -0.05) is 24.3 Å². The first-order chi connectivity index (χ1) is 14.2. The second kappa shape index (κ2) is 8.48. The monoisotopic (exact) mass is 388 g/mol. The molecule has 1 N–H and O–H groups in total. The molecule has 1 aliphatic rings. The van der Waals surface area contributed by atoms with Crippen molar-refractivity contribution in [2.24, 2.45) is 0 Å². The molecule has 0 saturated heterocycles. The lowest BCUT2D eigenvalue weighted by molar-refractivity contribution is -0.111. The van der Waals surface area contributed by atoms with E-state index in [0.717, 1.165) is 16.9 Å². The fourth-order valence-corrected chi connectivity index (χ4v) is 3.00. The van der Waals surface area contributed by atoms with E-state index in [0.29, 0.717) is 31.2 Å². The maximum atomic E-state index is 12.2. The van der Waals surface area contributed by atoms with Crippen LogP contribution in [0.5, 0.6) is 11.5 Å². The molecule has 0 radical (unpaired) electrons. The molecule has 0 bridgehead atoms. The molecule has 3 aromatic rings. The van der Waals surface area contributed by atoms with E-state index in [4.69, 9.17) is 9.47 Å². The number of amides is 1. The first kappa shape index (κ1) is 18.6. The zero-order chi connectivity index (χ0) is 20.1. The SMILES string of the molecule is O=C(C=Cc1ccc2c(c1)OCCO2)Nc1ccc(Cn2ccccc2=O)cc1. The summed E-state index contributed by atoms with van der Waals surface area (Å²) in [7, 11) is 0. The van der Waals surface area contributed by atoms with E-state index >= 15 is 0 Å². The average Bonchev–Trinajstić information content (AvgIpc) is 2.75. The van der Waals surface area contributed by atoms with E-state index < -0.39 is 0 Å². The van der Waals surface area contributed by atoms with Crippen LogP contribution in [0.2, 0.25) is 0 Å². The molecule has 0 aliphatic carbocycles. The van der Waals surface area contributed by atoms with Gasteiger partial charge in [-0.2, -0.15) is 0 Å². The number of ether oxygens (including phenoxy) is 2. The number of anilines is 1. The summed E-state index contributed by atoms with van der Waals surface area (Å²) < 4.78 is 12.7. The number of pyridine rings is 1. The summed E-state index contributed by atoms with van der Waals surface area (Å²) in [4.78, 5) is 24.0. The molecule has 2 heterocycles. The standard InChI is InChI=1S/C23H20N2O4/c26-22(11-7-17-6-10-20-21(15-17)29-14-13-28-20)24-19-8-4-18(5-9-19)16-25-12-2-1-3-23(25)27/h1-12,15H,13-14,16H2,(H,24,26). The Morgan fingerprint density at radius 2 is 1.79 bits per heavy atom. The lowest BCUT2D eigenvalue weighted by Gasteiger charge is -2.18. The Kier molecular flexibility index (Phi) is 5.42. The largest absolute Gasteiger partial charge is 0.486 e. The van der Waals surface area contributed by atoms with Crippen molar-refractivity contribution in [2.75, 3.05) is 18.5 Å². The van der Waals surface area contributed by atoms with Gasteiger partial charge in [0.1, 0.15) is 13.2 Å². The van der Waals surface area contributed by atoms with Crippen LogP contribution in [0.4, 0.5) is 5.69 Å². The Labute approximate surface area is 168 Å². The molecule has 6 nitrogen and oxygen atoms in total. The van der Waals surface area contributed by atoms with Gasteiger partial charge in [-0.25, -0.2) is 0 Å². The topological polar surface area (TPSA) is 69.6 Å². The van der Waals surface area contributed by atoms with Crippen LogP contribution in [0, 0.1) is 0 Å². The van der Waals surface area contributed by atoms with Crippen molar-refractivity contribution in [3.8, 4) is 11.5 Å². The van der Waals surface area contributed by atoms with E-state index in [1.165, 1.54) is 12.1 Å². The summed E-state index contributed by atoms with van der Waals surface area (Å²) in [6, 6.07) is 18.0. The van der Waals surface area contributed by atoms with Crippen LogP contribution in [0.3, 0.4) is 0 Å². The lowest BCUT2D eigenvalue weighted by atomic mass is 10.1. The number of fused-ring (bicyclic) bond motifs is 1. The number of nitrogens with zero attached hydrogens (tertiary/aromatic N) is 1. The van der Waals surface area contributed by atoms with Crippen molar-refractivity contribution in [3.05, 3.63) is 94.4 Å². The number of carbonyl (C=O) groups is 1. The Balaban J connectivity index is 1.36. The van der Waals surface area contributed by atoms with Gasteiger partial charge in [-0.15, -0.1) is 0 Å². The first-order valence-corrected chi connectivity index (χ1v) is 9.30. The maximum Gasteiger partial charge on any atom is 0.250 e.